The third-order valence-electron chi connectivity index (χ3n) is 3.66. The molecule has 2 rings (SSSR count). The Morgan fingerprint density at radius 3 is 2.88 bits per heavy atom. The van der Waals surface area contributed by atoms with Crippen molar-refractivity contribution < 1.29 is 23.8 Å². The Morgan fingerprint density at radius 2 is 2.15 bits per heavy atom. The maximum atomic E-state index is 12.1. The van der Waals surface area contributed by atoms with Crippen LogP contribution >= 0.6 is 23.4 Å². The number of hydrogen-bond acceptors (Lipinski definition) is 6. The van der Waals surface area contributed by atoms with Crippen molar-refractivity contribution in [2.45, 2.75) is 18.9 Å². The zero-order valence-corrected chi connectivity index (χ0v) is 16.3. The first-order valence-electron chi connectivity index (χ1n) is 8.19. The van der Waals surface area contributed by atoms with Crippen LogP contribution in [0, 0.1) is 0 Å². The number of thioether (sulfide) groups is 1. The number of hydrogen-bond donors (Lipinski definition) is 1. The second kappa shape index (κ2) is 10.3. The number of amides is 1. The quantitative estimate of drug-likeness (QED) is 0.561. The Hall–Kier alpha value is -1.86. The molecule has 0 radical (unpaired) electrons. The summed E-state index contributed by atoms with van der Waals surface area (Å²) in [5, 5.41) is 3.08. The van der Waals surface area contributed by atoms with Gasteiger partial charge in [0.15, 0.2) is 11.5 Å². The van der Waals surface area contributed by atoms with Gasteiger partial charge in [-0.2, -0.15) is 11.8 Å². The van der Waals surface area contributed by atoms with Gasteiger partial charge in [-0.25, -0.2) is 4.79 Å². The zero-order chi connectivity index (χ0) is 18.9. The molecule has 0 aromatic heterocycles. The van der Waals surface area contributed by atoms with Crippen molar-refractivity contribution >= 4 is 41.3 Å². The number of rotatable bonds is 7. The lowest BCUT2D eigenvalue weighted by atomic mass is 10.1. The highest BCUT2D eigenvalue weighted by atomic mass is 35.5. The van der Waals surface area contributed by atoms with Gasteiger partial charge in [-0.1, -0.05) is 11.6 Å². The molecule has 26 heavy (non-hydrogen) atoms. The maximum absolute atomic E-state index is 12.1. The predicted molar refractivity (Wildman–Crippen MR) is 103 cm³/mol. The molecule has 0 saturated heterocycles. The van der Waals surface area contributed by atoms with E-state index in [0.717, 1.165) is 12.2 Å². The van der Waals surface area contributed by atoms with Gasteiger partial charge >= 0.3 is 5.97 Å². The average Bonchev–Trinajstić information content (AvgIpc) is 2.88. The van der Waals surface area contributed by atoms with Crippen molar-refractivity contribution in [3.8, 4) is 11.5 Å². The van der Waals surface area contributed by atoms with Gasteiger partial charge in [-0.05, 0) is 42.2 Å². The summed E-state index contributed by atoms with van der Waals surface area (Å²) in [6, 6.07) is 2.79. The van der Waals surface area contributed by atoms with Crippen molar-refractivity contribution in [3.63, 3.8) is 0 Å². The number of fused-ring (bicyclic) bond motifs is 1. The summed E-state index contributed by atoms with van der Waals surface area (Å²) in [7, 11) is 1.30. The molecule has 1 N–H and O–H groups in total. The van der Waals surface area contributed by atoms with Crippen LogP contribution in [-0.2, 0) is 14.3 Å². The fourth-order valence-corrected chi connectivity index (χ4v) is 3.11. The first-order valence-corrected chi connectivity index (χ1v) is 9.96. The Kier molecular flexibility index (Phi) is 8.12. The molecule has 1 heterocycles. The second-order valence-corrected chi connectivity index (χ2v) is 6.97. The van der Waals surface area contributed by atoms with Crippen molar-refractivity contribution in [2.24, 2.45) is 0 Å². The molecule has 1 aromatic carbocycles. The lowest BCUT2D eigenvalue weighted by molar-refractivity contribution is -0.144. The van der Waals surface area contributed by atoms with Gasteiger partial charge in [0.05, 0.1) is 25.3 Å². The van der Waals surface area contributed by atoms with Crippen LogP contribution in [0.4, 0.5) is 0 Å². The van der Waals surface area contributed by atoms with Crippen LogP contribution < -0.4 is 14.8 Å². The molecule has 0 saturated carbocycles. The Bertz CT molecular complexity index is 680. The highest BCUT2D eigenvalue weighted by Gasteiger charge is 2.20. The summed E-state index contributed by atoms with van der Waals surface area (Å²) in [6.07, 6.45) is 6.18. The molecule has 1 aliphatic rings. The summed E-state index contributed by atoms with van der Waals surface area (Å²) in [4.78, 5) is 23.9. The summed E-state index contributed by atoms with van der Waals surface area (Å²) in [5.41, 5.74) is 0.702. The topological polar surface area (TPSA) is 73.9 Å². The van der Waals surface area contributed by atoms with E-state index >= 15 is 0 Å². The van der Waals surface area contributed by atoms with Gasteiger partial charge in [0.1, 0.15) is 6.04 Å². The van der Waals surface area contributed by atoms with Crippen molar-refractivity contribution in [3.05, 3.63) is 28.8 Å². The third-order valence-corrected chi connectivity index (χ3v) is 4.59. The molecule has 0 unspecified atom stereocenters. The highest BCUT2D eigenvalue weighted by molar-refractivity contribution is 7.98. The van der Waals surface area contributed by atoms with Gasteiger partial charge in [0.25, 0.3) is 0 Å². The average molecular weight is 400 g/mol. The molecular formula is C18H22ClNO5S. The number of carbonyl (C=O) groups excluding carboxylic acids is 2. The Balaban J connectivity index is 2.06. The standard InChI is InChI=1S/C18H22ClNO5S/c1-23-18(22)14(6-9-26-2)20-16(21)5-4-12-10-13(19)17-15(11-12)24-7-3-8-25-17/h4-5,10-11,14H,3,6-9H2,1-2H3,(H,20,21)/b5-4+/t14-/m0/s1. The predicted octanol–water partition coefficient (Wildman–Crippen LogP) is 2.93. The van der Waals surface area contributed by atoms with Crippen molar-refractivity contribution in [1.29, 1.82) is 0 Å². The van der Waals surface area contributed by atoms with E-state index in [2.05, 4.69) is 5.32 Å². The zero-order valence-electron chi connectivity index (χ0n) is 14.7. The van der Waals surface area contributed by atoms with E-state index in [1.165, 1.54) is 13.2 Å². The van der Waals surface area contributed by atoms with E-state index < -0.39 is 12.0 Å². The Labute approximate surface area is 162 Å². The minimum absolute atomic E-state index is 0.385. The normalized spacial score (nSPS) is 14.6. The molecule has 1 aromatic rings. The van der Waals surface area contributed by atoms with E-state index in [-0.39, 0.29) is 5.91 Å². The summed E-state index contributed by atoms with van der Waals surface area (Å²) in [5.74, 6) is 0.974. The number of benzene rings is 1. The molecule has 6 nitrogen and oxygen atoms in total. The summed E-state index contributed by atoms with van der Waals surface area (Å²) in [6.45, 7) is 1.10. The molecule has 1 aliphatic heterocycles. The number of carbonyl (C=O) groups is 2. The van der Waals surface area contributed by atoms with Crippen LogP contribution in [0.3, 0.4) is 0 Å². The number of methoxy groups -OCH3 is 1. The molecule has 0 bridgehead atoms. The molecule has 1 amide bonds. The number of ether oxygens (including phenoxy) is 3. The van der Waals surface area contributed by atoms with Crippen LogP contribution in [0.15, 0.2) is 18.2 Å². The highest BCUT2D eigenvalue weighted by Crippen LogP contribution is 2.38. The fourth-order valence-electron chi connectivity index (χ4n) is 2.37. The maximum Gasteiger partial charge on any atom is 0.328 e. The van der Waals surface area contributed by atoms with Crippen LogP contribution in [0.25, 0.3) is 6.08 Å². The van der Waals surface area contributed by atoms with Gasteiger partial charge in [-0.3, -0.25) is 4.79 Å². The van der Waals surface area contributed by atoms with Crippen LogP contribution in [0.1, 0.15) is 18.4 Å². The van der Waals surface area contributed by atoms with Crippen LogP contribution in [0.5, 0.6) is 11.5 Å². The molecular weight excluding hydrogens is 378 g/mol. The fraction of sp³-hybridized carbons (Fsp3) is 0.444. The second-order valence-electron chi connectivity index (χ2n) is 5.58. The van der Waals surface area contributed by atoms with Gasteiger partial charge < -0.3 is 19.5 Å². The third kappa shape index (κ3) is 5.85. The molecule has 1 atom stereocenters. The van der Waals surface area contributed by atoms with Crippen LogP contribution in [0.2, 0.25) is 5.02 Å². The smallest absolute Gasteiger partial charge is 0.328 e. The van der Waals surface area contributed by atoms with E-state index in [4.69, 9.17) is 25.8 Å². The number of nitrogens with one attached hydrogen (secondary N) is 1. The number of halogens is 1. The Morgan fingerprint density at radius 1 is 1.38 bits per heavy atom. The molecule has 142 valence electrons. The van der Waals surface area contributed by atoms with E-state index in [0.29, 0.717) is 41.7 Å². The van der Waals surface area contributed by atoms with Gasteiger partial charge in [-0.15, -0.1) is 0 Å². The van der Waals surface area contributed by atoms with E-state index in [1.807, 2.05) is 6.26 Å². The van der Waals surface area contributed by atoms with Crippen LogP contribution in [-0.4, -0.2) is 50.3 Å². The molecule has 0 spiro atoms. The van der Waals surface area contributed by atoms with Crippen molar-refractivity contribution in [1.82, 2.24) is 5.32 Å². The first kappa shape index (κ1) is 20.5. The first-order chi connectivity index (χ1) is 12.5. The largest absolute Gasteiger partial charge is 0.489 e. The summed E-state index contributed by atoms with van der Waals surface area (Å²) >= 11 is 7.83. The van der Waals surface area contributed by atoms with E-state index in [9.17, 15) is 9.59 Å². The minimum atomic E-state index is -0.669. The lowest BCUT2D eigenvalue weighted by Gasteiger charge is -2.14. The van der Waals surface area contributed by atoms with Gasteiger partial charge in [0.2, 0.25) is 5.91 Å². The minimum Gasteiger partial charge on any atom is -0.489 e. The van der Waals surface area contributed by atoms with Gasteiger partial charge in [0, 0.05) is 12.5 Å². The van der Waals surface area contributed by atoms with E-state index in [1.54, 1.807) is 30.0 Å². The van der Waals surface area contributed by atoms with Crippen molar-refractivity contribution in [2.75, 3.05) is 32.3 Å². The number of esters is 1. The molecule has 0 fully saturated rings. The molecule has 0 aliphatic carbocycles. The monoisotopic (exact) mass is 399 g/mol. The lowest BCUT2D eigenvalue weighted by Crippen LogP contribution is -2.41. The molecule has 8 heteroatoms. The summed E-state index contributed by atoms with van der Waals surface area (Å²) < 4.78 is 15.9. The SMILES string of the molecule is COC(=O)[C@H](CCSC)NC(=O)/C=C/c1cc(Cl)c2c(c1)OCCCO2.